The molecule has 3 rings (SSSR count). The summed E-state index contributed by atoms with van der Waals surface area (Å²) in [4.78, 5) is 6.21. The van der Waals surface area contributed by atoms with Gasteiger partial charge in [-0.15, -0.1) is 0 Å². The normalized spacial score (nSPS) is 15.6. The Bertz CT molecular complexity index is 862. The van der Waals surface area contributed by atoms with Gasteiger partial charge < -0.3 is 14.4 Å². The zero-order valence-corrected chi connectivity index (χ0v) is 16.1. The van der Waals surface area contributed by atoms with Gasteiger partial charge in [0, 0.05) is 31.3 Å². The number of hydrogen-bond donors (Lipinski definition) is 0. The molecule has 2 aromatic rings. The van der Waals surface area contributed by atoms with Crippen molar-refractivity contribution < 1.29 is 22.6 Å². The standard InChI is InChI=1S/C21H23F3N2O2/c1-4-26(3)13-25-20-9-19(24)18(5-14(20)2)21(11-27-12-21)28-10-15-6-16(22)8-17(23)7-15/h5-9,13H,4,10-12H2,1-3H3. The lowest BCUT2D eigenvalue weighted by atomic mass is 9.89. The maximum atomic E-state index is 14.9. The Morgan fingerprint density at radius 1 is 1.14 bits per heavy atom. The van der Waals surface area contributed by atoms with Gasteiger partial charge in [-0.3, -0.25) is 0 Å². The zero-order chi connectivity index (χ0) is 20.3. The molecule has 1 heterocycles. The van der Waals surface area contributed by atoms with E-state index in [1.807, 2.05) is 25.8 Å². The molecule has 0 amide bonds. The molecule has 1 aliphatic heterocycles. The topological polar surface area (TPSA) is 34.1 Å². The summed E-state index contributed by atoms with van der Waals surface area (Å²) >= 11 is 0. The lowest BCUT2D eigenvalue weighted by Gasteiger charge is -2.42. The van der Waals surface area contributed by atoms with E-state index in [9.17, 15) is 13.2 Å². The van der Waals surface area contributed by atoms with Gasteiger partial charge in [0.25, 0.3) is 0 Å². The van der Waals surface area contributed by atoms with Gasteiger partial charge in [0.2, 0.25) is 0 Å². The highest BCUT2D eigenvalue weighted by atomic mass is 19.1. The summed E-state index contributed by atoms with van der Waals surface area (Å²) in [5.41, 5.74) is 1.04. The molecule has 2 aromatic carbocycles. The first-order chi connectivity index (χ1) is 13.3. The molecule has 28 heavy (non-hydrogen) atoms. The maximum Gasteiger partial charge on any atom is 0.143 e. The number of halogens is 3. The van der Waals surface area contributed by atoms with Crippen LogP contribution in [0.4, 0.5) is 18.9 Å². The Kier molecular flexibility index (Phi) is 6.05. The number of benzene rings is 2. The number of ether oxygens (including phenoxy) is 2. The highest BCUT2D eigenvalue weighted by Crippen LogP contribution is 2.38. The Morgan fingerprint density at radius 2 is 1.82 bits per heavy atom. The van der Waals surface area contributed by atoms with Crippen molar-refractivity contribution in [2.75, 3.05) is 26.8 Å². The summed E-state index contributed by atoms with van der Waals surface area (Å²) in [7, 11) is 1.88. The van der Waals surface area contributed by atoms with Gasteiger partial charge in [0.15, 0.2) is 0 Å². The molecule has 0 aliphatic carbocycles. The van der Waals surface area contributed by atoms with Crippen LogP contribution in [0.1, 0.15) is 23.6 Å². The second-order valence-electron chi connectivity index (χ2n) is 6.99. The van der Waals surface area contributed by atoms with Crippen LogP contribution in [-0.2, 0) is 21.7 Å². The predicted molar refractivity (Wildman–Crippen MR) is 101 cm³/mol. The molecule has 0 atom stereocenters. The van der Waals surface area contributed by atoms with Crippen molar-refractivity contribution in [3.63, 3.8) is 0 Å². The third-order valence-corrected chi connectivity index (χ3v) is 4.78. The van der Waals surface area contributed by atoms with Crippen molar-refractivity contribution in [3.8, 4) is 0 Å². The first-order valence-electron chi connectivity index (χ1n) is 9.05. The summed E-state index contributed by atoms with van der Waals surface area (Å²) in [6.45, 7) is 4.90. The van der Waals surface area contributed by atoms with Crippen molar-refractivity contribution >= 4 is 12.0 Å². The fourth-order valence-electron chi connectivity index (χ4n) is 2.92. The molecular weight excluding hydrogens is 369 g/mol. The van der Waals surface area contributed by atoms with E-state index in [0.29, 0.717) is 16.8 Å². The smallest absolute Gasteiger partial charge is 0.143 e. The first kappa shape index (κ1) is 20.4. The molecule has 0 unspecified atom stereocenters. The number of aryl methyl sites for hydroxylation is 1. The summed E-state index contributed by atoms with van der Waals surface area (Å²) in [6, 6.07) is 6.25. The van der Waals surface area contributed by atoms with Crippen molar-refractivity contribution in [1.82, 2.24) is 4.90 Å². The molecular formula is C21H23F3N2O2. The summed E-state index contributed by atoms with van der Waals surface area (Å²) in [6.07, 6.45) is 1.65. The molecule has 0 N–H and O–H groups in total. The summed E-state index contributed by atoms with van der Waals surface area (Å²) in [5.74, 6) is -1.82. The average Bonchev–Trinajstić information content (AvgIpc) is 2.60. The van der Waals surface area contributed by atoms with Crippen LogP contribution in [-0.4, -0.2) is 38.0 Å². The van der Waals surface area contributed by atoms with E-state index in [-0.39, 0.29) is 19.8 Å². The van der Waals surface area contributed by atoms with Crippen molar-refractivity contribution in [2.45, 2.75) is 26.1 Å². The Morgan fingerprint density at radius 3 is 2.39 bits per heavy atom. The lowest BCUT2D eigenvalue weighted by Crippen LogP contribution is -2.49. The van der Waals surface area contributed by atoms with Gasteiger partial charge in [-0.05, 0) is 43.2 Å². The molecule has 1 aliphatic rings. The van der Waals surface area contributed by atoms with Crippen LogP contribution in [0.25, 0.3) is 0 Å². The summed E-state index contributed by atoms with van der Waals surface area (Å²) < 4.78 is 52.8. The molecule has 1 saturated heterocycles. The van der Waals surface area contributed by atoms with Gasteiger partial charge >= 0.3 is 0 Å². The molecule has 1 fully saturated rings. The lowest BCUT2D eigenvalue weighted by molar-refractivity contribution is -0.224. The van der Waals surface area contributed by atoms with Crippen molar-refractivity contribution in [1.29, 1.82) is 0 Å². The van der Waals surface area contributed by atoms with Crippen LogP contribution in [0.15, 0.2) is 35.3 Å². The van der Waals surface area contributed by atoms with E-state index < -0.39 is 23.1 Å². The Balaban J connectivity index is 1.83. The van der Waals surface area contributed by atoms with Gasteiger partial charge in [-0.1, -0.05) is 0 Å². The fourth-order valence-corrected chi connectivity index (χ4v) is 2.92. The molecule has 0 saturated carbocycles. The molecule has 0 aromatic heterocycles. The number of aliphatic imine (C=N–C) groups is 1. The highest BCUT2D eigenvalue weighted by Gasteiger charge is 2.44. The first-order valence-corrected chi connectivity index (χ1v) is 9.05. The average molecular weight is 392 g/mol. The largest absolute Gasteiger partial charge is 0.375 e. The van der Waals surface area contributed by atoms with E-state index in [2.05, 4.69) is 4.99 Å². The second-order valence-corrected chi connectivity index (χ2v) is 6.99. The minimum Gasteiger partial charge on any atom is -0.375 e. The summed E-state index contributed by atoms with van der Waals surface area (Å²) in [5, 5.41) is 0. The van der Waals surface area contributed by atoms with Gasteiger partial charge in [-0.2, -0.15) is 0 Å². The predicted octanol–water partition coefficient (Wildman–Crippen LogP) is 4.47. The molecule has 150 valence electrons. The third-order valence-electron chi connectivity index (χ3n) is 4.78. The second kappa shape index (κ2) is 8.32. The molecule has 7 heteroatoms. The fraction of sp³-hybridized carbons (Fsp3) is 0.381. The zero-order valence-electron chi connectivity index (χ0n) is 16.1. The van der Waals surface area contributed by atoms with Crippen LogP contribution in [0, 0.1) is 24.4 Å². The quantitative estimate of drug-likeness (QED) is 0.515. The highest BCUT2D eigenvalue weighted by molar-refractivity contribution is 5.63. The van der Waals surface area contributed by atoms with Crippen LogP contribution >= 0.6 is 0 Å². The number of hydrogen-bond acceptors (Lipinski definition) is 3. The van der Waals surface area contributed by atoms with E-state index in [0.717, 1.165) is 18.2 Å². The van der Waals surface area contributed by atoms with E-state index in [1.165, 1.54) is 18.2 Å². The SMILES string of the molecule is CCN(C)C=Nc1cc(F)c(C2(OCc3cc(F)cc(F)c3)COC2)cc1C. The van der Waals surface area contributed by atoms with Crippen LogP contribution in [0.2, 0.25) is 0 Å². The molecule has 0 radical (unpaired) electrons. The third kappa shape index (κ3) is 4.36. The van der Waals surface area contributed by atoms with Crippen molar-refractivity contribution in [2.24, 2.45) is 4.99 Å². The Labute approximate surface area is 162 Å². The number of nitrogens with zero attached hydrogens (tertiary/aromatic N) is 2. The van der Waals surface area contributed by atoms with E-state index >= 15 is 0 Å². The van der Waals surface area contributed by atoms with Crippen molar-refractivity contribution in [3.05, 3.63) is 64.5 Å². The maximum absolute atomic E-state index is 14.9. The van der Waals surface area contributed by atoms with Crippen LogP contribution in [0.3, 0.4) is 0 Å². The molecule has 0 spiro atoms. The van der Waals surface area contributed by atoms with Crippen LogP contribution < -0.4 is 0 Å². The van der Waals surface area contributed by atoms with Gasteiger partial charge in [-0.25, -0.2) is 18.2 Å². The minimum atomic E-state index is -0.986. The minimum absolute atomic E-state index is 0.0578. The Hall–Kier alpha value is -2.38. The monoisotopic (exact) mass is 392 g/mol. The molecule has 4 nitrogen and oxygen atoms in total. The van der Waals surface area contributed by atoms with E-state index in [4.69, 9.17) is 9.47 Å². The molecule has 0 bridgehead atoms. The van der Waals surface area contributed by atoms with Gasteiger partial charge in [0.05, 0.1) is 31.8 Å². The van der Waals surface area contributed by atoms with Gasteiger partial charge in [0.1, 0.15) is 23.1 Å². The van der Waals surface area contributed by atoms with E-state index in [1.54, 1.807) is 12.4 Å². The number of rotatable bonds is 7. The van der Waals surface area contributed by atoms with Crippen LogP contribution in [0.5, 0.6) is 0 Å².